The van der Waals surface area contributed by atoms with Gasteiger partial charge in [-0.15, -0.1) is 0 Å². The molecule has 0 saturated carbocycles. The summed E-state index contributed by atoms with van der Waals surface area (Å²) in [6.07, 6.45) is 2.98. The summed E-state index contributed by atoms with van der Waals surface area (Å²) < 4.78 is 13.3. The van der Waals surface area contributed by atoms with Crippen LogP contribution in [0.15, 0.2) is 18.3 Å². The summed E-state index contributed by atoms with van der Waals surface area (Å²) in [4.78, 5) is 12.0. The maximum atomic E-state index is 13.3. The second-order valence-corrected chi connectivity index (χ2v) is 3.79. The average Bonchev–Trinajstić information content (AvgIpc) is 2.69. The number of nitrogens with one attached hydrogen (secondary N) is 2. The van der Waals surface area contributed by atoms with Crippen LogP contribution in [0, 0.1) is 5.82 Å². The van der Waals surface area contributed by atoms with Crippen molar-refractivity contribution >= 4 is 28.9 Å². The van der Waals surface area contributed by atoms with E-state index in [-0.39, 0.29) is 5.82 Å². The lowest BCUT2D eigenvalue weighted by atomic mass is 10.1. The van der Waals surface area contributed by atoms with Crippen molar-refractivity contribution in [3.8, 4) is 0 Å². The van der Waals surface area contributed by atoms with E-state index in [0.29, 0.717) is 23.4 Å². The predicted octanol–water partition coefficient (Wildman–Crippen LogP) is 2.89. The molecule has 2 aromatic rings. The Hall–Kier alpha value is -1.55. The molecule has 1 aromatic heterocycles. The molecular formula is C12H14ClFN2O. The Kier molecular flexibility index (Phi) is 4.97. The number of halogens is 2. The summed E-state index contributed by atoms with van der Waals surface area (Å²) >= 11 is 5.90. The maximum absolute atomic E-state index is 13.3. The van der Waals surface area contributed by atoms with E-state index < -0.39 is 0 Å². The zero-order valence-corrected chi connectivity index (χ0v) is 10.4. The molecule has 2 rings (SSSR count). The van der Waals surface area contributed by atoms with Crippen LogP contribution in [0.3, 0.4) is 0 Å². The molecule has 0 radical (unpaired) electrons. The van der Waals surface area contributed by atoms with Gasteiger partial charge in [0.2, 0.25) is 6.41 Å². The smallest absolute Gasteiger partial charge is 0.206 e. The molecule has 0 fully saturated rings. The fourth-order valence-electron chi connectivity index (χ4n) is 1.42. The van der Waals surface area contributed by atoms with Crippen LogP contribution < -0.4 is 5.32 Å². The third-order valence-corrected chi connectivity index (χ3v) is 2.61. The van der Waals surface area contributed by atoms with Gasteiger partial charge in [-0.2, -0.15) is 0 Å². The Bertz CT molecular complexity index is 510. The van der Waals surface area contributed by atoms with E-state index in [2.05, 4.69) is 10.3 Å². The van der Waals surface area contributed by atoms with Crippen molar-refractivity contribution in [2.24, 2.45) is 0 Å². The SMILES string of the molecule is CCc1cc2c(Cl)c[nH]c2cc1F.CNC=O. The van der Waals surface area contributed by atoms with Gasteiger partial charge in [-0.3, -0.25) is 4.79 Å². The van der Waals surface area contributed by atoms with Crippen molar-refractivity contribution in [2.45, 2.75) is 13.3 Å². The molecular weight excluding hydrogens is 243 g/mol. The molecule has 0 saturated heterocycles. The first-order valence-corrected chi connectivity index (χ1v) is 5.57. The van der Waals surface area contributed by atoms with Crippen LogP contribution in [0.5, 0.6) is 0 Å². The van der Waals surface area contributed by atoms with Crippen LogP contribution in [0.25, 0.3) is 10.9 Å². The Morgan fingerprint density at radius 3 is 2.71 bits per heavy atom. The Labute approximate surface area is 104 Å². The zero-order chi connectivity index (χ0) is 12.8. The lowest BCUT2D eigenvalue weighted by Gasteiger charge is -1.99. The van der Waals surface area contributed by atoms with Gasteiger partial charge in [-0.05, 0) is 24.1 Å². The number of aromatic nitrogens is 1. The highest BCUT2D eigenvalue weighted by Gasteiger charge is 2.06. The van der Waals surface area contributed by atoms with Gasteiger partial charge in [0.15, 0.2) is 0 Å². The van der Waals surface area contributed by atoms with E-state index in [9.17, 15) is 4.39 Å². The normalized spacial score (nSPS) is 9.65. The van der Waals surface area contributed by atoms with Gasteiger partial charge >= 0.3 is 0 Å². The number of carbonyl (C=O) groups excluding carboxylic acids is 1. The number of rotatable bonds is 2. The van der Waals surface area contributed by atoms with Crippen molar-refractivity contribution in [1.82, 2.24) is 10.3 Å². The molecule has 0 unspecified atom stereocenters. The van der Waals surface area contributed by atoms with Crippen molar-refractivity contribution in [1.29, 1.82) is 0 Å². The van der Waals surface area contributed by atoms with Crippen molar-refractivity contribution in [2.75, 3.05) is 7.05 Å². The summed E-state index contributed by atoms with van der Waals surface area (Å²) in [7, 11) is 1.56. The number of amides is 1. The molecule has 1 aromatic carbocycles. The molecule has 0 bridgehead atoms. The van der Waals surface area contributed by atoms with E-state index in [1.807, 2.05) is 6.92 Å². The van der Waals surface area contributed by atoms with Crippen LogP contribution >= 0.6 is 11.6 Å². The average molecular weight is 257 g/mol. The van der Waals surface area contributed by atoms with Crippen LogP contribution in [0.1, 0.15) is 12.5 Å². The van der Waals surface area contributed by atoms with E-state index in [4.69, 9.17) is 16.4 Å². The first-order chi connectivity index (χ1) is 8.13. The highest BCUT2D eigenvalue weighted by molar-refractivity contribution is 6.35. The van der Waals surface area contributed by atoms with Gasteiger partial charge in [0.1, 0.15) is 5.82 Å². The van der Waals surface area contributed by atoms with Crippen molar-refractivity contribution in [3.63, 3.8) is 0 Å². The van der Waals surface area contributed by atoms with E-state index in [1.165, 1.54) is 6.07 Å². The molecule has 0 aliphatic heterocycles. The molecule has 1 amide bonds. The van der Waals surface area contributed by atoms with Crippen LogP contribution in [-0.4, -0.2) is 18.4 Å². The summed E-state index contributed by atoms with van der Waals surface area (Å²) in [5, 5.41) is 3.78. The van der Waals surface area contributed by atoms with Gasteiger partial charge in [0.05, 0.1) is 5.02 Å². The number of hydrogen-bond donors (Lipinski definition) is 2. The molecule has 5 heteroatoms. The van der Waals surface area contributed by atoms with Crippen molar-refractivity contribution < 1.29 is 9.18 Å². The number of benzene rings is 1. The molecule has 92 valence electrons. The van der Waals surface area contributed by atoms with E-state index in [1.54, 1.807) is 19.3 Å². The third-order valence-electron chi connectivity index (χ3n) is 2.30. The first kappa shape index (κ1) is 13.5. The highest BCUT2D eigenvalue weighted by Crippen LogP contribution is 2.25. The molecule has 0 aliphatic rings. The molecule has 1 heterocycles. The second-order valence-electron chi connectivity index (χ2n) is 3.39. The minimum absolute atomic E-state index is 0.173. The number of aryl methyl sites for hydroxylation is 1. The van der Waals surface area contributed by atoms with Gasteiger partial charge in [-0.1, -0.05) is 18.5 Å². The van der Waals surface area contributed by atoms with E-state index in [0.717, 1.165) is 10.9 Å². The monoisotopic (exact) mass is 256 g/mol. The quantitative estimate of drug-likeness (QED) is 0.798. The third kappa shape index (κ3) is 3.20. The number of hydrogen-bond acceptors (Lipinski definition) is 1. The molecule has 0 spiro atoms. The standard InChI is InChI=1S/C10H9ClFN.C2H5NO/c1-2-6-3-7-8(11)5-13-10(7)4-9(6)12;1-3-2-4/h3-5,13H,2H2,1H3;2H,1H3,(H,3,4). The lowest BCUT2D eigenvalue weighted by molar-refractivity contribution is -0.109. The Morgan fingerprint density at radius 2 is 2.18 bits per heavy atom. The molecule has 0 atom stereocenters. The first-order valence-electron chi connectivity index (χ1n) is 5.20. The van der Waals surface area contributed by atoms with Gasteiger partial charge < -0.3 is 10.3 Å². The minimum atomic E-state index is -0.173. The molecule has 0 aliphatic carbocycles. The second kappa shape index (κ2) is 6.25. The topological polar surface area (TPSA) is 44.9 Å². The number of H-pyrrole nitrogens is 1. The largest absolute Gasteiger partial charge is 0.362 e. The summed E-state index contributed by atoms with van der Waals surface area (Å²) in [6, 6.07) is 3.28. The van der Waals surface area contributed by atoms with Crippen LogP contribution in [0.4, 0.5) is 4.39 Å². The fraction of sp³-hybridized carbons (Fsp3) is 0.250. The van der Waals surface area contributed by atoms with Gasteiger partial charge in [0.25, 0.3) is 0 Å². The number of carbonyl (C=O) groups is 1. The summed E-state index contributed by atoms with van der Waals surface area (Å²) in [5.74, 6) is -0.173. The Balaban J connectivity index is 0.000000317. The number of aromatic amines is 1. The highest BCUT2D eigenvalue weighted by atomic mass is 35.5. The molecule has 17 heavy (non-hydrogen) atoms. The lowest BCUT2D eigenvalue weighted by Crippen LogP contribution is -1.98. The predicted molar refractivity (Wildman–Crippen MR) is 67.8 cm³/mol. The maximum Gasteiger partial charge on any atom is 0.206 e. The van der Waals surface area contributed by atoms with Crippen LogP contribution in [-0.2, 0) is 11.2 Å². The summed E-state index contributed by atoms with van der Waals surface area (Å²) in [5.41, 5.74) is 1.45. The van der Waals surface area contributed by atoms with Crippen molar-refractivity contribution in [3.05, 3.63) is 34.7 Å². The van der Waals surface area contributed by atoms with Crippen LogP contribution in [0.2, 0.25) is 5.02 Å². The van der Waals surface area contributed by atoms with Gasteiger partial charge in [-0.25, -0.2) is 4.39 Å². The number of fused-ring (bicyclic) bond motifs is 1. The Morgan fingerprint density at radius 1 is 1.53 bits per heavy atom. The fourth-order valence-corrected chi connectivity index (χ4v) is 1.64. The van der Waals surface area contributed by atoms with Gasteiger partial charge in [0, 0.05) is 24.1 Å². The van der Waals surface area contributed by atoms with E-state index >= 15 is 0 Å². The summed E-state index contributed by atoms with van der Waals surface area (Å²) in [6.45, 7) is 1.92. The minimum Gasteiger partial charge on any atom is -0.362 e. The molecule has 2 N–H and O–H groups in total. The zero-order valence-electron chi connectivity index (χ0n) is 9.68. The molecule has 3 nitrogen and oxygen atoms in total.